The normalized spacial score (nSPS) is 10.6. The molecule has 0 bridgehead atoms. The highest BCUT2D eigenvalue weighted by atomic mass is 32.1. The van der Waals surface area contributed by atoms with Gasteiger partial charge in [-0.2, -0.15) is 0 Å². The van der Waals surface area contributed by atoms with Gasteiger partial charge in [0.1, 0.15) is 18.2 Å². The lowest BCUT2D eigenvalue weighted by Gasteiger charge is -2.03. The van der Waals surface area contributed by atoms with Crippen molar-refractivity contribution < 1.29 is 18.3 Å². The van der Waals surface area contributed by atoms with Gasteiger partial charge in [0.2, 0.25) is 0 Å². The first-order chi connectivity index (χ1) is 11.6. The van der Waals surface area contributed by atoms with Crippen molar-refractivity contribution in [3.63, 3.8) is 0 Å². The van der Waals surface area contributed by atoms with Gasteiger partial charge in [0, 0.05) is 11.8 Å². The highest BCUT2D eigenvalue weighted by Gasteiger charge is 2.13. The van der Waals surface area contributed by atoms with E-state index in [0.717, 1.165) is 0 Å². The molecule has 0 aliphatic rings. The first kappa shape index (κ1) is 16.3. The smallest absolute Gasteiger partial charge is 0.358 e. The molecule has 0 saturated carbocycles. The fourth-order valence-corrected chi connectivity index (χ4v) is 2.88. The molecule has 3 aromatic rings. The summed E-state index contributed by atoms with van der Waals surface area (Å²) >= 11 is 1.28. The number of esters is 1. The molecule has 0 fully saturated rings. The van der Waals surface area contributed by atoms with E-state index < -0.39 is 5.97 Å². The molecule has 2 aromatic carbocycles. The minimum absolute atomic E-state index is 0.0410. The van der Waals surface area contributed by atoms with Crippen LogP contribution in [0.5, 0.6) is 0 Å². The zero-order valence-corrected chi connectivity index (χ0v) is 13.4. The lowest BCUT2D eigenvalue weighted by atomic mass is 10.1. The highest BCUT2D eigenvalue weighted by molar-refractivity contribution is 7.09. The number of aromatic nitrogens is 1. The molecule has 0 amide bonds. The number of nitrogens with zero attached hydrogens (tertiary/aromatic N) is 1. The van der Waals surface area contributed by atoms with Crippen molar-refractivity contribution in [2.75, 3.05) is 0 Å². The Morgan fingerprint density at radius 2 is 1.83 bits per heavy atom. The number of thiazole rings is 1. The Kier molecular flexibility index (Phi) is 4.96. The van der Waals surface area contributed by atoms with Crippen molar-refractivity contribution in [3.05, 3.63) is 87.4 Å². The molecular weight excluding hydrogens is 332 g/mol. The Hall–Kier alpha value is -2.60. The van der Waals surface area contributed by atoms with Crippen LogP contribution >= 0.6 is 11.3 Å². The maximum absolute atomic E-state index is 13.6. The summed E-state index contributed by atoms with van der Waals surface area (Å²) in [6.07, 6.45) is 0.322. The topological polar surface area (TPSA) is 39.2 Å². The predicted molar refractivity (Wildman–Crippen MR) is 86.8 cm³/mol. The quantitative estimate of drug-likeness (QED) is 0.645. The zero-order valence-electron chi connectivity index (χ0n) is 12.5. The van der Waals surface area contributed by atoms with Gasteiger partial charge in [0.05, 0.1) is 5.01 Å². The number of halogens is 2. The Bertz CT molecular complexity index is 846. The molecular formula is C18H13F2NO2S. The van der Waals surface area contributed by atoms with E-state index >= 15 is 0 Å². The molecule has 3 rings (SSSR count). The molecule has 0 unspecified atom stereocenters. The average Bonchev–Trinajstić information content (AvgIpc) is 3.05. The van der Waals surface area contributed by atoms with E-state index in [9.17, 15) is 13.6 Å². The summed E-state index contributed by atoms with van der Waals surface area (Å²) in [5.41, 5.74) is 1.40. The monoisotopic (exact) mass is 345 g/mol. The number of carbonyl (C=O) groups is 1. The molecule has 6 heteroatoms. The molecule has 24 heavy (non-hydrogen) atoms. The van der Waals surface area contributed by atoms with E-state index in [1.807, 2.05) is 0 Å². The number of hydrogen-bond acceptors (Lipinski definition) is 4. The Labute approximate surface area is 141 Å². The van der Waals surface area contributed by atoms with Gasteiger partial charge >= 0.3 is 5.97 Å². The number of carbonyl (C=O) groups excluding carboxylic acids is 1. The molecule has 0 aliphatic heterocycles. The van der Waals surface area contributed by atoms with Crippen LogP contribution in [0.4, 0.5) is 8.78 Å². The Morgan fingerprint density at radius 1 is 1.08 bits per heavy atom. The Balaban J connectivity index is 1.61. The van der Waals surface area contributed by atoms with E-state index in [1.165, 1.54) is 29.5 Å². The van der Waals surface area contributed by atoms with Crippen LogP contribution in [-0.2, 0) is 17.8 Å². The van der Waals surface area contributed by atoms with Crippen LogP contribution in [0.1, 0.15) is 26.6 Å². The molecule has 1 heterocycles. The van der Waals surface area contributed by atoms with E-state index in [-0.39, 0.29) is 23.9 Å². The van der Waals surface area contributed by atoms with Crippen molar-refractivity contribution in [2.45, 2.75) is 13.0 Å². The van der Waals surface area contributed by atoms with Gasteiger partial charge in [-0.05, 0) is 29.3 Å². The van der Waals surface area contributed by atoms with E-state index in [4.69, 9.17) is 4.74 Å². The summed E-state index contributed by atoms with van der Waals surface area (Å²) in [4.78, 5) is 16.2. The van der Waals surface area contributed by atoms with Crippen molar-refractivity contribution in [2.24, 2.45) is 0 Å². The molecule has 0 spiro atoms. The molecule has 3 nitrogen and oxygen atoms in total. The van der Waals surface area contributed by atoms with E-state index in [1.54, 1.807) is 35.7 Å². The molecule has 0 saturated heterocycles. The third kappa shape index (κ3) is 4.02. The highest BCUT2D eigenvalue weighted by Crippen LogP contribution is 2.18. The van der Waals surface area contributed by atoms with Crippen LogP contribution in [0, 0.1) is 11.6 Å². The second kappa shape index (κ2) is 7.31. The summed E-state index contributed by atoms with van der Waals surface area (Å²) in [6.45, 7) is 0.0410. The van der Waals surface area contributed by atoms with Crippen LogP contribution in [0.15, 0.2) is 53.9 Å². The molecule has 122 valence electrons. The lowest BCUT2D eigenvalue weighted by Crippen LogP contribution is -2.06. The molecule has 0 aliphatic carbocycles. The average molecular weight is 345 g/mol. The third-order valence-electron chi connectivity index (χ3n) is 3.34. The number of rotatable bonds is 5. The van der Waals surface area contributed by atoms with E-state index in [0.29, 0.717) is 22.6 Å². The minimum Gasteiger partial charge on any atom is -0.456 e. The van der Waals surface area contributed by atoms with Gasteiger partial charge in [-0.25, -0.2) is 18.6 Å². The van der Waals surface area contributed by atoms with Crippen molar-refractivity contribution in [1.29, 1.82) is 0 Å². The lowest BCUT2D eigenvalue weighted by molar-refractivity contribution is 0.0466. The predicted octanol–water partition coefficient (Wildman–Crippen LogP) is 4.37. The minimum atomic E-state index is -0.560. The van der Waals surface area contributed by atoms with Gasteiger partial charge in [-0.1, -0.05) is 30.3 Å². The van der Waals surface area contributed by atoms with Gasteiger partial charge in [0.25, 0.3) is 0 Å². The van der Waals surface area contributed by atoms with Crippen molar-refractivity contribution in [1.82, 2.24) is 4.98 Å². The fraction of sp³-hybridized carbons (Fsp3) is 0.111. The summed E-state index contributed by atoms with van der Waals surface area (Å²) in [7, 11) is 0. The molecule has 0 N–H and O–H groups in total. The van der Waals surface area contributed by atoms with Gasteiger partial charge in [-0.15, -0.1) is 11.3 Å². The number of ether oxygens (including phenoxy) is 1. The Morgan fingerprint density at radius 3 is 2.58 bits per heavy atom. The van der Waals surface area contributed by atoms with Crippen molar-refractivity contribution in [3.8, 4) is 0 Å². The van der Waals surface area contributed by atoms with Crippen molar-refractivity contribution >= 4 is 17.3 Å². The summed E-state index contributed by atoms with van der Waals surface area (Å²) in [5, 5.41) is 2.22. The SMILES string of the molecule is O=C(OCc1ccc(F)cc1)c1csc(Cc2ccccc2F)n1. The maximum atomic E-state index is 13.6. The van der Waals surface area contributed by atoms with E-state index in [2.05, 4.69) is 4.98 Å². The third-order valence-corrected chi connectivity index (χ3v) is 4.19. The van der Waals surface area contributed by atoms with Crippen LogP contribution in [0.25, 0.3) is 0 Å². The second-order valence-electron chi connectivity index (χ2n) is 5.10. The molecule has 1 aromatic heterocycles. The molecule has 0 atom stereocenters. The van der Waals surface area contributed by atoms with Crippen LogP contribution in [0.2, 0.25) is 0 Å². The summed E-state index contributed by atoms with van der Waals surface area (Å²) in [6, 6.07) is 12.2. The maximum Gasteiger partial charge on any atom is 0.358 e. The second-order valence-corrected chi connectivity index (χ2v) is 6.04. The first-order valence-electron chi connectivity index (χ1n) is 7.21. The fourth-order valence-electron chi connectivity index (χ4n) is 2.09. The van der Waals surface area contributed by atoms with Crippen LogP contribution in [0.3, 0.4) is 0 Å². The zero-order chi connectivity index (χ0) is 16.9. The van der Waals surface area contributed by atoms with Gasteiger partial charge in [-0.3, -0.25) is 0 Å². The molecule has 0 radical (unpaired) electrons. The number of hydrogen-bond donors (Lipinski definition) is 0. The van der Waals surface area contributed by atoms with Gasteiger partial charge < -0.3 is 4.74 Å². The number of benzene rings is 2. The summed E-state index contributed by atoms with van der Waals surface area (Å²) < 4.78 is 31.6. The van der Waals surface area contributed by atoms with Gasteiger partial charge in [0.15, 0.2) is 5.69 Å². The standard InChI is InChI=1S/C18H13F2NO2S/c19-14-7-5-12(6-8-14)10-23-18(22)16-11-24-17(21-16)9-13-3-1-2-4-15(13)20/h1-8,11H,9-10H2. The first-order valence-corrected chi connectivity index (χ1v) is 8.09. The van der Waals surface area contributed by atoms with Crippen LogP contribution < -0.4 is 0 Å². The summed E-state index contributed by atoms with van der Waals surface area (Å²) in [5.74, 6) is -1.20. The van der Waals surface area contributed by atoms with Crippen LogP contribution in [-0.4, -0.2) is 11.0 Å². The largest absolute Gasteiger partial charge is 0.456 e.